The molecule has 296 valence electrons. The molecule has 1 aliphatic carbocycles. The highest BCUT2D eigenvalue weighted by molar-refractivity contribution is 6.25. The van der Waals surface area contributed by atoms with Crippen LogP contribution in [-0.2, 0) is 5.41 Å². The average Bonchev–Trinajstić information content (AvgIpc) is 3.80. The molecule has 3 heteroatoms. The molecular formula is C59H45N3. The number of hydrogen-bond acceptors (Lipinski definition) is 2. The van der Waals surface area contributed by atoms with E-state index in [1.807, 2.05) is 26.0 Å². The van der Waals surface area contributed by atoms with Crippen molar-refractivity contribution in [2.75, 3.05) is 0 Å². The van der Waals surface area contributed by atoms with Crippen molar-refractivity contribution in [3.63, 3.8) is 0 Å². The molecule has 3 nitrogen and oxygen atoms in total. The molecule has 0 saturated carbocycles. The van der Waals surface area contributed by atoms with Gasteiger partial charge in [-0.1, -0.05) is 205 Å². The van der Waals surface area contributed by atoms with Crippen LogP contribution in [0.15, 0.2) is 177 Å². The van der Waals surface area contributed by atoms with Gasteiger partial charge in [-0.15, -0.1) is 0 Å². The molecular weight excluding hydrogens is 751 g/mol. The second-order valence-electron chi connectivity index (χ2n) is 16.6. The van der Waals surface area contributed by atoms with Crippen LogP contribution in [0, 0.1) is 0 Å². The Morgan fingerprint density at radius 3 is 1.89 bits per heavy atom. The molecule has 0 saturated heterocycles. The third-order valence-electron chi connectivity index (χ3n) is 13.1. The Bertz CT molecular complexity index is 3660. The molecule has 2 heterocycles. The predicted octanol–water partition coefficient (Wildman–Crippen LogP) is 16.1. The SMILES string of the molecule is C=Cc1c(C=C)c2c3cccc(-c4ccc5c(c4)C(C)(C)c4ccc6ccccc6c4-5)c3n(-c3nc(-c4ccccc4)c4ccc5ccccc5c4n3)c2c2ccccc12.CC. The second kappa shape index (κ2) is 14.2. The third kappa shape index (κ3) is 5.24. The maximum Gasteiger partial charge on any atom is 0.235 e. The van der Waals surface area contributed by atoms with E-state index in [1.165, 1.54) is 33.0 Å². The number of fused-ring (bicyclic) bond motifs is 13. The van der Waals surface area contributed by atoms with Crippen LogP contribution < -0.4 is 0 Å². The molecule has 0 radical (unpaired) electrons. The minimum absolute atomic E-state index is 0.191. The summed E-state index contributed by atoms with van der Waals surface area (Å²) in [5, 5.41) is 10.3. The summed E-state index contributed by atoms with van der Waals surface area (Å²) < 4.78 is 2.34. The van der Waals surface area contributed by atoms with E-state index in [-0.39, 0.29) is 5.41 Å². The fourth-order valence-electron chi connectivity index (χ4n) is 10.4. The topological polar surface area (TPSA) is 30.7 Å². The Morgan fingerprint density at radius 1 is 0.484 bits per heavy atom. The number of rotatable bonds is 5. The van der Waals surface area contributed by atoms with Crippen LogP contribution >= 0.6 is 0 Å². The van der Waals surface area contributed by atoms with Crippen LogP contribution in [0.1, 0.15) is 49.9 Å². The van der Waals surface area contributed by atoms with E-state index in [0.717, 1.165) is 87.8 Å². The van der Waals surface area contributed by atoms with Gasteiger partial charge >= 0.3 is 0 Å². The molecule has 1 aliphatic rings. The zero-order chi connectivity index (χ0) is 42.3. The van der Waals surface area contributed by atoms with E-state index in [4.69, 9.17) is 9.97 Å². The highest BCUT2D eigenvalue weighted by Gasteiger charge is 2.37. The standard InChI is InChI=1S/C57H39N3.C2H6/c1-5-38-39(6-2)51-46-26-16-25-42(37-28-30-45-49(33-37)57(3,4)48-32-29-34-17-10-12-21-40(34)50(45)48)54(46)60(55(51)44-24-15-14-23-43(38)44)56-58-52(36-19-8-7-9-20-36)47-31-27-35-18-11-13-22-41(35)53(47)59-56;1-2/h5-33H,1-2H2,3-4H3;1-2H3. The van der Waals surface area contributed by atoms with Crippen molar-refractivity contribution in [3.8, 4) is 39.5 Å². The van der Waals surface area contributed by atoms with E-state index in [0.29, 0.717) is 5.95 Å². The third-order valence-corrected chi connectivity index (χ3v) is 13.1. The van der Waals surface area contributed by atoms with E-state index in [1.54, 1.807) is 0 Å². The number of para-hydroxylation sites is 1. The maximum absolute atomic E-state index is 5.61. The van der Waals surface area contributed by atoms with Crippen LogP contribution in [-0.4, -0.2) is 14.5 Å². The summed E-state index contributed by atoms with van der Waals surface area (Å²) in [6.45, 7) is 17.5. The van der Waals surface area contributed by atoms with E-state index in [9.17, 15) is 0 Å². The first-order valence-corrected chi connectivity index (χ1v) is 21.7. The molecule has 0 N–H and O–H groups in total. The van der Waals surface area contributed by atoms with Gasteiger partial charge in [0, 0.05) is 43.5 Å². The number of benzene rings is 9. The number of nitrogens with zero attached hydrogens (tertiary/aromatic N) is 3. The Kier molecular flexibility index (Phi) is 8.59. The first-order chi connectivity index (χ1) is 30.5. The Balaban J connectivity index is 0.00000213. The summed E-state index contributed by atoms with van der Waals surface area (Å²) in [4.78, 5) is 11.2. The lowest BCUT2D eigenvalue weighted by Crippen LogP contribution is -2.15. The lowest BCUT2D eigenvalue weighted by molar-refractivity contribution is 0.661. The van der Waals surface area contributed by atoms with Crippen molar-refractivity contribution in [2.45, 2.75) is 33.1 Å². The molecule has 0 fully saturated rings. The summed E-state index contributed by atoms with van der Waals surface area (Å²) in [7, 11) is 0. The molecule has 0 amide bonds. The predicted molar refractivity (Wildman–Crippen MR) is 266 cm³/mol. The Labute approximate surface area is 362 Å². The van der Waals surface area contributed by atoms with Crippen LogP contribution in [0.2, 0.25) is 0 Å². The zero-order valence-electron chi connectivity index (χ0n) is 35.5. The monoisotopic (exact) mass is 795 g/mol. The van der Waals surface area contributed by atoms with Gasteiger partial charge in [-0.05, 0) is 72.6 Å². The van der Waals surface area contributed by atoms with Crippen LogP contribution in [0.3, 0.4) is 0 Å². The highest BCUT2D eigenvalue weighted by atomic mass is 15.2. The highest BCUT2D eigenvalue weighted by Crippen LogP contribution is 2.53. The fraction of sp³-hybridized carbons (Fsp3) is 0.0847. The van der Waals surface area contributed by atoms with Crippen molar-refractivity contribution in [2.24, 2.45) is 0 Å². The summed E-state index contributed by atoms with van der Waals surface area (Å²) >= 11 is 0. The normalized spacial score (nSPS) is 12.8. The van der Waals surface area contributed by atoms with Gasteiger partial charge in [0.2, 0.25) is 5.95 Å². The average molecular weight is 796 g/mol. The van der Waals surface area contributed by atoms with Gasteiger partial charge in [-0.2, -0.15) is 0 Å². The largest absolute Gasteiger partial charge is 0.277 e. The molecule has 0 atom stereocenters. The molecule has 12 rings (SSSR count). The van der Waals surface area contributed by atoms with Gasteiger partial charge in [-0.25, -0.2) is 9.97 Å². The molecule has 0 unspecified atom stereocenters. The van der Waals surface area contributed by atoms with Crippen LogP contribution in [0.4, 0.5) is 0 Å². The number of aromatic nitrogens is 3. The van der Waals surface area contributed by atoms with Gasteiger partial charge in [0.05, 0.1) is 22.2 Å². The minimum Gasteiger partial charge on any atom is -0.277 e. The maximum atomic E-state index is 5.61. The Morgan fingerprint density at radius 2 is 1.13 bits per heavy atom. The lowest BCUT2D eigenvalue weighted by atomic mass is 9.81. The quantitative estimate of drug-likeness (QED) is 0.162. The summed E-state index contributed by atoms with van der Waals surface area (Å²) in [5.41, 5.74) is 14.5. The second-order valence-corrected chi connectivity index (χ2v) is 16.6. The van der Waals surface area contributed by atoms with Crippen LogP contribution in [0.5, 0.6) is 0 Å². The first-order valence-electron chi connectivity index (χ1n) is 21.7. The van der Waals surface area contributed by atoms with Gasteiger partial charge in [0.25, 0.3) is 0 Å². The summed E-state index contributed by atoms with van der Waals surface area (Å²) in [6, 6.07) is 59.2. The van der Waals surface area contributed by atoms with Crippen molar-refractivity contribution in [3.05, 3.63) is 199 Å². The van der Waals surface area contributed by atoms with E-state index in [2.05, 4.69) is 195 Å². The van der Waals surface area contributed by atoms with Gasteiger partial charge in [-0.3, -0.25) is 4.57 Å². The Hall–Kier alpha value is -7.62. The first kappa shape index (κ1) is 37.4. The molecule has 62 heavy (non-hydrogen) atoms. The van der Waals surface area contributed by atoms with E-state index >= 15 is 0 Å². The molecule has 9 aromatic carbocycles. The molecule has 0 bridgehead atoms. The molecule has 11 aromatic rings. The van der Waals surface area contributed by atoms with Crippen molar-refractivity contribution in [1.29, 1.82) is 0 Å². The van der Waals surface area contributed by atoms with Crippen molar-refractivity contribution < 1.29 is 0 Å². The van der Waals surface area contributed by atoms with Crippen molar-refractivity contribution in [1.82, 2.24) is 14.5 Å². The fourth-order valence-corrected chi connectivity index (χ4v) is 10.4. The van der Waals surface area contributed by atoms with E-state index < -0.39 is 0 Å². The zero-order valence-corrected chi connectivity index (χ0v) is 35.5. The van der Waals surface area contributed by atoms with Crippen LogP contribution in [0.25, 0.3) is 117 Å². The van der Waals surface area contributed by atoms with Crippen molar-refractivity contribution >= 4 is 77.2 Å². The molecule has 2 aromatic heterocycles. The summed E-state index contributed by atoms with van der Waals surface area (Å²) in [6.07, 6.45) is 3.97. The van der Waals surface area contributed by atoms with Gasteiger partial charge in [0.15, 0.2) is 0 Å². The molecule has 0 aliphatic heterocycles. The number of hydrogen-bond donors (Lipinski definition) is 0. The molecule has 0 spiro atoms. The van der Waals surface area contributed by atoms with Gasteiger partial charge < -0.3 is 0 Å². The summed E-state index contributed by atoms with van der Waals surface area (Å²) in [5.74, 6) is 0.622. The smallest absolute Gasteiger partial charge is 0.235 e. The lowest BCUT2D eigenvalue weighted by Gasteiger charge is -2.22. The van der Waals surface area contributed by atoms with Gasteiger partial charge in [0.1, 0.15) is 0 Å². The minimum atomic E-state index is -0.191.